The number of fused-ring (bicyclic) bond motifs is 4. The zero-order valence-corrected chi connectivity index (χ0v) is 44.1. The molecule has 6 N–H and O–H groups in total. The van der Waals surface area contributed by atoms with E-state index in [0.29, 0.717) is 80.1 Å². The van der Waals surface area contributed by atoms with Crippen LogP contribution in [0.2, 0.25) is 10.0 Å². The maximum Gasteiger partial charge on any atom is 0.290 e. The van der Waals surface area contributed by atoms with Gasteiger partial charge in [0.25, 0.3) is 12.9 Å². The van der Waals surface area contributed by atoms with Gasteiger partial charge in [0, 0.05) is 93.6 Å². The summed E-state index contributed by atoms with van der Waals surface area (Å²) < 4.78 is 5.75. The summed E-state index contributed by atoms with van der Waals surface area (Å²) in [4.78, 5) is 84.4. The largest absolute Gasteiger partial charge is 0.483 e. The van der Waals surface area contributed by atoms with Gasteiger partial charge >= 0.3 is 0 Å². The van der Waals surface area contributed by atoms with E-state index >= 15 is 0 Å². The number of benzene rings is 2. The molecule has 74 heavy (non-hydrogen) atoms. The van der Waals surface area contributed by atoms with E-state index in [-0.39, 0.29) is 73.3 Å². The van der Waals surface area contributed by atoms with E-state index in [0.717, 1.165) is 52.7 Å². The van der Waals surface area contributed by atoms with Gasteiger partial charge in [-0.25, -0.2) is 19.9 Å². The fraction of sp³-hybridized carbons (Fsp3) is 0.471. The van der Waals surface area contributed by atoms with E-state index in [1.54, 1.807) is 6.33 Å². The highest BCUT2D eigenvalue weighted by atomic mass is 35.5. The second-order valence-electron chi connectivity index (χ2n) is 19.0. The summed E-state index contributed by atoms with van der Waals surface area (Å²) in [5.41, 5.74) is 3.72. The van der Waals surface area contributed by atoms with Crippen LogP contribution in [-0.4, -0.2) is 161 Å². The molecule has 2 aromatic carbocycles. The first-order chi connectivity index (χ1) is 35.5. The van der Waals surface area contributed by atoms with E-state index in [2.05, 4.69) is 90.2 Å². The van der Waals surface area contributed by atoms with Gasteiger partial charge in [0.1, 0.15) is 36.1 Å². The number of rotatable bonds is 12. The van der Waals surface area contributed by atoms with Crippen molar-refractivity contribution < 1.29 is 38.9 Å². The molecule has 3 saturated heterocycles. The maximum absolute atomic E-state index is 14.0. The third-order valence-electron chi connectivity index (χ3n) is 13.2. The van der Waals surface area contributed by atoms with E-state index < -0.39 is 0 Å². The smallest absolute Gasteiger partial charge is 0.290 e. The maximum atomic E-state index is 14.0. The van der Waals surface area contributed by atoms with Gasteiger partial charge in [-0.15, -0.1) is 0 Å². The number of carboxylic acid groups (broad SMARTS) is 2. The highest BCUT2D eigenvalue weighted by Crippen LogP contribution is 2.41. The molecule has 3 fully saturated rings. The van der Waals surface area contributed by atoms with E-state index in [4.69, 9.17) is 47.7 Å². The molecule has 5 aliphatic rings. The Labute approximate surface area is 441 Å². The van der Waals surface area contributed by atoms with Gasteiger partial charge in [-0.3, -0.25) is 24.0 Å². The van der Waals surface area contributed by atoms with Crippen molar-refractivity contribution in [1.82, 2.24) is 40.4 Å². The minimum atomic E-state index is -0.266. The fourth-order valence-corrected chi connectivity index (χ4v) is 10.1. The molecule has 7 heterocycles. The Kier molecular flexibility index (Phi) is 20.2. The molecule has 23 heteroatoms. The minimum Gasteiger partial charge on any atom is -0.483 e. The van der Waals surface area contributed by atoms with Crippen LogP contribution in [0.4, 0.5) is 29.0 Å². The Morgan fingerprint density at radius 1 is 0.757 bits per heavy atom. The molecule has 3 amide bonds. The van der Waals surface area contributed by atoms with Gasteiger partial charge in [0.2, 0.25) is 17.7 Å². The lowest BCUT2D eigenvalue weighted by molar-refractivity contribution is -0.136. The van der Waals surface area contributed by atoms with Crippen LogP contribution >= 0.6 is 23.2 Å². The monoisotopic (exact) mass is 1060 g/mol. The van der Waals surface area contributed by atoms with E-state index in [1.165, 1.54) is 6.33 Å². The lowest BCUT2D eigenvalue weighted by Gasteiger charge is -2.44. The first-order valence-corrected chi connectivity index (χ1v) is 25.3. The summed E-state index contributed by atoms with van der Waals surface area (Å²) in [7, 11) is 1.89. The van der Waals surface area contributed by atoms with Crippen molar-refractivity contribution >= 4 is 82.8 Å². The molecule has 0 spiro atoms. The summed E-state index contributed by atoms with van der Waals surface area (Å²) in [6.45, 7) is 19.1. The van der Waals surface area contributed by atoms with Crippen LogP contribution in [-0.2, 0) is 28.7 Å². The number of ether oxygens (including phenoxy) is 1. The lowest BCUT2D eigenvalue weighted by Crippen LogP contribution is -2.58. The molecule has 5 aliphatic heterocycles. The highest BCUT2D eigenvalue weighted by Gasteiger charge is 2.46. The molecule has 398 valence electrons. The Bertz CT molecular complexity index is 2550. The first-order valence-electron chi connectivity index (χ1n) is 24.6. The molecule has 9 rings (SSSR count). The van der Waals surface area contributed by atoms with Gasteiger partial charge < -0.3 is 60.7 Å². The molecule has 4 aromatic rings. The Morgan fingerprint density at radius 3 is 1.76 bits per heavy atom. The molecule has 0 saturated carbocycles. The van der Waals surface area contributed by atoms with Crippen molar-refractivity contribution in [2.45, 2.75) is 89.6 Å². The summed E-state index contributed by atoms with van der Waals surface area (Å²) in [6.07, 6.45) is 4.80. The van der Waals surface area contributed by atoms with Crippen LogP contribution in [0, 0.1) is 0 Å². The van der Waals surface area contributed by atoms with E-state index in [1.807, 2.05) is 72.3 Å². The van der Waals surface area contributed by atoms with Gasteiger partial charge in [0.05, 0.1) is 23.9 Å². The number of anilines is 5. The molecular formula is C51H67Cl2N13O8. The predicted molar refractivity (Wildman–Crippen MR) is 285 cm³/mol. The molecule has 2 bridgehead atoms. The minimum absolute atomic E-state index is 0.0802. The SMILES string of the molecule is C=C1Nc2ncnc(N3CCN(C(=O)[C@H](CNC(C)C)c4ccc(Cl)cc4)CC3)c2C(C)O1.CC(C)NC[C@@H](C(=O)N1C2CCC1CN(c1ncnc3c1N(C)CC(=O)N3)C2)c1ccc(Cl)cc1.O=CO.O=CO. The average molecular weight is 1060 g/mol. The molecular weight excluding hydrogens is 994 g/mol. The summed E-state index contributed by atoms with van der Waals surface area (Å²) in [5, 5.41) is 27.9. The third kappa shape index (κ3) is 14.1. The standard InChI is InChI=1S/C25H32ClN7O2.C24H31ClN6O2.2CH2O2/c1-15(2)27-10-20(16-4-6-17(26)7-5-16)25(35)33-18-8-9-19(33)12-32(11-18)24-22-23(28-14-29-24)30-21(34)13-31(22)3;1-15(2)26-13-20(18-5-7-19(25)8-6-18)24(32)31-11-9-30(10-12-31)23-21-16(3)33-17(4)29-22(21)27-14-28-23;2*2-1-3/h4-7,14-15,18-20,27H,8-13H2,1-3H3,(H,28,29,30,34);5-8,14-16,20,26H,4,9-13H2,1-3H3,(H,27,28,29);2*1H,(H,2,3)/t18?,19?,20-;16?,20-;;/m11../s1. The van der Waals surface area contributed by atoms with Crippen molar-refractivity contribution in [3.8, 4) is 0 Å². The second kappa shape index (κ2) is 26.4. The summed E-state index contributed by atoms with van der Waals surface area (Å²) >= 11 is 12.2. The lowest BCUT2D eigenvalue weighted by atomic mass is 9.95. The highest BCUT2D eigenvalue weighted by molar-refractivity contribution is 6.30. The molecule has 2 aromatic heterocycles. The first kappa shape index (κ1) is 56.5. The normalized spacial score (nSPS) is 19.4. The van der Waals surface area contributed by atoms with Crippen LogP contribution in [0.1, 0.15) is 82.1 Å². The number of nitrogens with one attached hydrogen (secondary N) is 4. The van der Waals surface area contributed by atoms with E-state index in [9.17, 15) is 14.4 Å². The summed E-state index contributed by atoms with van der Waals surface area (Å²) in [5.74, 6) is 3.11. The number of carbonyl (C=O) groups is 5. The molecule has 0 aliphatic carbocycles. The molecule has 21 nitrogen and oxygen atoms in total. The Balaban J connectivity index is 0.000000218. The van der Waals surface area contributed by atoms with Gasteiger partial charge in [-0.05, 0) is 61.7 Å². The molecule has 0 radical (unpaired) electrons. The van der Waals surface area contributed by atoms with Crippen molar-refractivity contribution in [2.24, 2.45) is 0 Å². The quantitative estimate of drug-likeness (QED) is 0.0970. The fourth-order valence-electron chi connectivity index (χ4n) is 9.82. The number of carbonyl (C=O) groups excluding carboxylic acids is 3. The van der Waals surface area contributed by atoms with Crippen molar-refractivity contribution in [3.63, 3.8) is 0 Å². The van der Waals surface area contributed by atoms with Crippen LogP contribution in [0.3, 0.4) is 0 Å². The zero-order chi connectivity index (χ0) is 53.6. The zero-order valence-electron chi connectivity index (χ0n) is 42.6. The van der Waals surface area contributed by atoms with Crippen LogP contribution in [0.15, 0.2) is 73.6 Å². The van der Waals surface area contributed by atoms with Crippen molar-refractivity contribution in [1.29, 1.82) is 0 Å². The number of piperazine rings is 2. The number of nitrogens with zero attached hydrogens (tertiary/aromatic N) is 9. The van der Waals surface area contributed by atoms with Crippen LogP contribution in [0.25, 0.3) is 0 Å². The third-order valence-corrected chi connectivity index (χ3v) is 13.7. The number of aromatic nitrogens is 4. The van der Waals surface area contributed by atoms with Gasteiger partial charge in [-0.1, -0.05) is 75.2 Å². The average Bonchev–Trinajstić information content (AvgIpc) is 3.63. The molecule has 3 unspecified atom stereocenters. The number of halogens is 2. The molecule has 5 atom stereocenters. The Hall–Kier alpha value is -6.81. The van der Waals surface area contributed by atoms with Crippen LogP contribution in [0.5, 0.6) is 0 Å². The number of hydrogen-bond donors (Lipinski definition) is 6. The predicted octanol–water partition coefficient (Wildman–Crippen LogP) is 5.42. The second-order valence-corrected chi connectivity index (χ2v) is 19.8. The topological polar surface area (TPSA) is 251 Å². The number of likely N-dealkylation sites (N-methyl/N-ethyl adjacent to an activating group) is 1. The number of amides is 3. The number of hydrogen-bond acceptors (Lipinski definition) is 16. The Morgan fingerprint density at radius 2 is 1.24 bits per heavy atom. The van der Waals surface area contributed by atoms with Gasteiger partial charge in [0.15, 0.2) is 17.5 Å². The summed E-state index contributed by atoms with van der Waals surface area (Å²) in [6, 6.07) is 16.0. The van der Waals surface area contributed by atoms with Crippen LogP contribution < -0.4 is 36.0 Å². The van der Waals surface area contributed by atoms with Crippen molar-refractivity contribution in [3.05, 3.63) is 100 Å². The van der Waals surface area contributed by atoms with Gasteiger partial charge in [-0.2, -0.15) is 0 Å². The van der Waals surface area contributed by atoms with Crippen molar-refractivity contribution in [2.75, 3.05) is 91.3 Å².